The SMILES string of the molecule is CN(C)C(=O)CN1CCC[C@@H](CCc2ccc(F)cc2)C1. The van der Waals surface area contributed by atoms with Gasteiger partial charge in [-0.1, -0.05) is 12.1 Å². The molecule has 0 spiro atoms. The molecule has 0 N–H and O–H groups in total. The highest BCUT2D eigenvalue weighted by atomic mass is 19.1. The van der Waals surface area contributed by atoms with E-state index in [2.05, 4.69) is 4.90 Å². The van der Waals surface area contributed by atoms with E-state index in [1.807, 2.05) is 12.1 Å². The predicted octanol–water partition coefficient (Wildman–Crippen LogP) is 2.56. The predicted molar refractivity (Wildman–Crippen MR) is 82.6 cm³/mol. The van der Waals surface area contributed by atoms with E-state index in [4.69, 9.17) is 0 Å². The monoisotopic (exact) mass is 292 g/mol. The summed E-state index contributed by atoms with van der Waals surface area (Å²) in [6.45, 7) is 2.55. The summed E-state index contributed by atoms with van der Waals surface area (Å²) >= 11 is 0. The zero-order valence-electron chi connectivity index (χ0n) is 13.0. The van der Waals surface area contributed by atoms with Gasteiger partial charge in [-0.05, 0) is 55.8 Å². The van der Waals surface area contributed by atoms with E-state index in [0.29, 0.717) is 12.5 Å². The first-order valence-corrected chi connectivity index (χ1v) is 7.71. The number of rotatable bonds is 5. The molecule has 1 aliphatic heterocycles. The summed E-state index contributed by atoms with van der Waals surface area (Å²) < 4.78 is 12.9. The Bertz CT molecular complexity index is 458. The maximum atomic E-state index is 12.9. The maximum Gasteiger partial charge on any atom is 0.236 e. The van der Waals surface area contributed by atoms with E-state index in [9.17, 15) is 9.18 Å². The number of hydrogen-bond acceptors (Lipinski definition) is 2. The normalized spacial score (nSPS) is 19.5. The van der Waals surface area contributed by atoms with Crippen molar-refractivity contribution in [2.24, 2.45) is 5.92 Å². The van der Waals surface area contributed by atoms with Crippen LogP contribution in [-0.2, 0) is 11.2 Å². The van der Waals surface area contributed by atoms with Crippen molar-refractivity contribution in [1.29, 1.82) is 0 Å². The molecule has 1 aromatic carbocycles. The highest BCUT2D eigenvalue weighted by Crippen LogP contribution is 2.21. The topological polar surface area (TPSA) is 23.6 Å². The molecule has 1 amide bonds. The molecule has 1 fully saturated rings. The Balaban J connectivity index is 1.78. The van der Waals surface area contributed by atoms with Gasteiger partial charge in [-0.15, -0.1) is 0 Å². The molecule has 0 bridgehead atoms. The van der Waals surface area contributed by atoms with Crippen molar-refractivity contribution in [3.05, 3.63) is 35.6 Å². The Morgan fingerprint density at radius 1 is 1.33 bits per heavy atom. The van der Waals surface area contributed by atoms with E-state index >= 15 is 0 Å². The molecule has 0 aliphatic carbocycles. The molecule has 1 atom stereocenters. The van der Waals surface area contributed by atoms with Crippen LogP contribution < -0.4 is 0 Å². The van der Waals surface area contributed by atoms with Gasteiger partial charge in [0.1, 0.15) is 5.82 Å². The Labute approximate surface area is 126 Å². The van der Waals surface area contributed by atoms with Gasteiger partial charge >= 0.3 is 0 Å². The molecular weight excluding hydrogens is 267 g/mol. The van der Waals surface area contributed by atoms with Gasteiger partial charge in [0.05, 0.1) is 6.54 Å². The minimum Gasteiger partial charge on any atom is -0.348 e. The summed E-state index contributed by atoms with van der Waals surface area (Å²) in [6, 6.07) is 6.79. The van der Waals surface area contributed by atoms with Crippen LogP contribution in [0, 0.1) is 11.7 Å². The molecule has 1 aromatic rings. The Kier molecular flexibility index (Phi) is 5.74. The lowest BCUT2D eigenvalue weighted by molar-refractivity contribution is -0.130. The first-order valence-electron chi connectivity index (χ1n) is 7.71. The summed E-state index contributed by atoms with van der Waals surface area (Å²) in [6.07, 6.45) is 4.49. The molecule has 0 aromatic heterocycles. The molecular formula is C17H25FN2O. The molecule has 1 aliphatic rings. The third-order valence-corrected chi connectivity index (χ3v) is 4.22. The van der Waals surface area contributed by atoms with E-state index in [1.165, 1.54) is 24.1 Å². The summed E-state index contributed by atoms with van der Waals surface area (Å²) in [5, 5.41) is 0. The molecule has 1 heterocycles. The number of benzene rings is 1. The zero-order valence-corrected chi connectivity index (χ0v) is 13.0. The average Bonchev–Trinajstić information content (AvgIpc) is 2.47. The van der Waals surface area contributed by atoms with E-state index in [1.54, 1.807) is 19.0 Å². The number of carbonyl (C=O) groups excluding carboxylic acids is 1. The standard InChI is InChI=1S/C17H25FN2O/c1-19(2)17(21)13-20-11-3-4-15(12-20)6-5-14-7-9-16(18)10-8-14/h7-10,15H,3-6,11-13H2,1-2H3/t15-/m0/s1. The maximum absolute atomic E-state index is 12.9. The zero-order chi connectivity index (χ0) is 15.2. The van der Waals surface area contributed by atoms with Crippen molar-refractivity contribution in [2.75, 3.05) is 33.7 Å². The lowest BCUT2D eigenvalue weighted by Gasteiger charge is -2.32. The Morgan fingerprint density at radius 3 is 2.71 bits per heavy atom. The van der Waals surface area contributed by atoms with Gasteiger partial charge in [0, 0.05) is 20.6 Å². The summed E-state index contributed by atoms with van der Waals surface area (Å²) in [5.41, 5.74) is 1.19. The van der Waals surface area contributed by atoms with Crippen LogP contribution in [0.4, 0.5) is 4.39 Å². The Hall–Kier alpha value is -1.42. The number of hydrogen-bond donors (Lipinski definition) is 0. The summed E-state index contributed by atoms with van der Waals surface area (Å²) in [7, 11) is 3.61. The van der Waals surface area contributed by atoms with Gasteiger partial charge in [0.15, 0.2) is 0 Å². The Morgan fingerprint density at radius 2 is 2.05 bits per heavy atom. The van der Waals surface area contributed by atoms with Gasteiger partial charge in [-0.3, -0.25) is 9.69 Å². The summed E-state index contributed by atoms with van der Waals surface area (Å²) in [5.74, 6) is 0.637. The van der Waals surface area contributed by atoms with Crippen molar-refractivity contribution in [1.82, 2.24) is 9.80 Å². The minimum absolute atomic E-state index is 0.175. The van der Waals surface area contributed by atoms with Crippen LogP contribution in [0.5, 0.6) is 0 Å². The lowest BCUT2D eigenvalue weighted by atomic mass is 9.91. The van der Waals surface area contributed by atoms with Crippen LogP contribution in [0.15, 0.2) is 24.3 Å². The van der Waals surface area contributed by atoms with Crippen molar-refractivity contribution >= 4 is 5.91 Å². The fourth-order valence-electron chi connectivity index (χ4n) is 2.89. The van der Waals surface area contributed by atoms with Gasteiger partial charge in [0.25, 0.3) is 0 Å². The molecule has 2 rings (SSSR count). The summed E-state index contributed by atoms with van der Waals surface area (Å²) in [4.78, 5) is 15.7. The van der Waals surface area contributed by atoms with Crippen LogP contribution in [0.25, 0.3) is 0 Å². The number of carbonyl (C=O) groups is 1. The second kappa shape index (κ2) is 7.55. The van der Waals surface area contributed by atoms with Crippen LogP contribution in [-0.4, -0.2) is 49.4 Å². The van der Waals surface area contributed by atoms with Crippen LogP contribution in [0.3, 0.4) is 0 Å². The first-order chi connectivity index (χ1) is 10.0. The number of halogens is 1. The number of aryl methyl sites for hydroxylation is 1. The molecule has 1 saturated heterocycles. The molecule has 116 valence electrons. The number of likely N-dealkylation sites (tertiary alicyclic amines) is 1. The molecule has 0 radical (unpaired) electrons. The molecule has 3 nitrogen and oxygen atoms in total. The largest absolute Gasteiger partial charge is 0.348 e. The van der Waals surface area contributed by atoms with Gasteiger partial charge in [0.2, 0.25) is 5.91 Å². The first kappa shape index (κ1) is 16.0. The highest BCUT2D eigenvalue weighted by Gasteiger charge is 2.21. The second-order valence-corrected chi connectivity index (χ2v) is 6.20. The van der Waals surface area contributed by atoms with Crippen molar-refractivity contribution in [2.45, 2.75) is 25.7 Å². The molecule has 0 saturated carbocycles. The minimum atomic E-state index is -0.176. The average molecular weight is 292 g/mol. The second-order valence-electron chi connectivity index (χ2n) is 6.20. The molecule has 21 heavy (non-hydrogen) atoms. The van der Waals surface area contributed by atoms with Crippen molar-refractivity contribution in [3.8, 4) is 0 Å². The van der Waals surface area contributed by atoms with Gasteiger partial charge in [-0.2, -0.15) is 0 Å². The molecule has 0 unspecified atom stereocenters. The third-order valence-electron chi connectivity index (χ3n) is 4.22. The van der Waals surface area contributed by atoms with E-state index in [0.717, 1.165) is 32.4 Å². The van der Waals surface area contributed by atoms with Crippen molar-refractivity contribution < 1.29 is 9.18 Å². The number of likely N-dealkylation sites (N-methyl/N-ethyl adjacent to an activating group) is 1. The van der Waals surface area contributed by atoms with Crippen LogP contribution in [0.1, 0.15) is 24.8 Å². The van der Waals surface area contributed by atoms with Crippen LogP contribution >= 0.6 is 0 Å². The van der Waals surface area contributed by atoms with E-state index in [-0.39, 0.29) is 11.7 Å². The lowest BCUT2D eigenvalue weighted by Crippen LogP contribution is -2.42. The van der Waals surface area contributed by atoms with Gasteiger partial charge in [-0.25, -0.2) is 4.39 Å². The third kappa shape index (κ3) is 5.12. The van der Waals surface area contributed by atoms with Crippen molar-refractivity contribution in [3.63, 3.8) is 0 Å². The van der Waals surface area contributed by atoms with Gasteiger partial charge < -0.3 is 4.90 Å². The smallest absolute Gasteiger partial charge is 0.236 e. The quantitative estimate of drug-likeness (QED) is 0.833. The van der Waals surface area contributed by atoms with E-state index < -0.39 is 0 Å². The fraction of sp³-hybridized carbons (Fsp3) is 0.588. The van der Waals surface area contributed by atoms with Crippen LogP contribution in [0.2, 0.25) is 0 Å². The number of nitrogens with zero attached hydrogens (tertiary/aromatic N) is 2. The highest BCUT2D eigenvalue weighted by molar-refractivity contribution is 5.77. The number of piperidine rings is 1. The molecule has 4 heteroatoms. The fourth-order valence-corrected chi connectivity index (χ4v) is 2.89. The number of amides is 1.